The fourth-order valence-electron chi connectivity index (χ4n) is 1.57. The molecule has 0 radical (unpaired) electrons. The molecule has 92 valence electrons. The van der Waals surface area contributed by atoms with Crippen LogP contribution in [0.25, 0.3) is 0 Å². The van der Waals surface area contributed by atoms with E-state index in [1.165, 1.54) is 12.8 Å². The first-order valence-electron chi connectivity index (χ1n) is 5.45. The van der Waals surface area contributed by atoms with Crippen molar-refractivity contribution in [3.8, 4) is 0 Å². The van der Waals surface area contributed by atoms with Gasteiger partial charge in [-0.15, -0.1) is 0 Å². The minimum atomic E-state index is -0.151. The molecule has 1 amide bonds. The molecule has 1 aliphatic rings. The van der Waals surface area contributed by atoms with Crippen molar-refractivity contribution in [2.45, 2.75) is 17.6 Å². The van der Waals surface area contributed by atoms with Gasteiger partial charge in [-0.3, -0.25) is 15.6 Å². The van der Waals surface area contributed by atoms with Gasteiger partial charge in [0.25, 0.3) is 5.91 Å². The predicted molar refractivity (Wildman–Crippen MR) is 69.9 cm³/mol. The molecule has 1 aliphatic carbocycles. The molecule has 0 unspecified atom stereocenters. The molecule has 0 atom stereocenters. The van der Waals surface area contributed by atoms with Crippen LogP contribution in [-0.2, 0) is 0 Å². The van der Waals surface area contributed by atoms with Crippen molar-refractivity contribution in [2.24, 2.45) is 5.84 Å². The molecule has 6 heteroatoms. The van der Waals surface area contributed by atoms with E-state index in [-0.39, 0.29) is 10.7 Å². The summed E-state index contributed by atoms with van der Waals surface area (Å²) in [6.07, 6.45) is 5.99. The zero-order chi connectivity index (χ0) is 12.3. The van der Waals surface area contributed by atoms with E-state index in [1.54, 1.807) is 18.3 Å². The number of carbonyl (C=O) groups is 1. The largest absolute Gasteiger partial charge is 0.349 e. The maximum absolute atomic E-state index is 11.9. The molecular weight excluding hydrogens is 236 g/mol. The van der Waals surface area contributed by atoms with Crippen LogP contribution in [0.4, 0.5) is 5.69 Å². The number of rotatable bonds is 5. The molecule has 1 aromatic heterocycles. The van der Waals surface area contributed by atoms with Gasteiger partial charge < -0.3 is 10.7 Å². The summed E-state index contributed by atoms with van der Waals surface area (Å²) >= 11 is 1.82. The molecule has 1 fully saturated rings. The Labute approximate surface area is 105 Å². The highest BCUT2D eigenvalue weighted by Crippen LogP contribution is 2.46. The number of nitrogen functional groups attached to an aromatic ring is 1. The lowest BCUT2D eigenvalue weighted by atomic mass is 10.3. The molecule has 1 aromatic rings. The Morgan fingerprint density at radius 3 is 3.00 bits per heavy atom. The van der Waals surface area contributed by atoms with E-state index < -0.39 is 0 Å². The SMILES string of the molecule is CSC1(CNC(=O)c2cc(NN)ccn2)CC1. The average Bonchev–Trinajstić information content (AvgIpc) is 3.17. The molecule has 0 bridgehead atoms. The second-order valence-corrected chi connectivity index (χ2v) is 5.42. The van der Waals surface area contributed by atoms with Gasteiger partial charge in [-0.2, -0.15) is 11.8 Å². The van der Waals surface area contributed by atoms with Crippen LogP contribution in [0.15, 0.2) is 18.3 Å². The number of hydrogen-bond donors (Lipinski definition) is 3. The molecule has 0 aromatic carbocycles. The summed E-state index contributed by atoms with van der Waals surface area (Å²) in [6.45, 7) is 0.703. The number of hydrogen-bond acceptors (Lipinski definition) is 5. The standard InChI is InChI=1S/C11H16N4OS/c1-17-11(3-4-11)7-14-10(16)9-6-8(15-12)2-5-13-9/h2,5-6H,3-4,7,12H2,1H3,(H,13,15)(H,14,16). The lowest BCUT2D eigenvalue weighted by Gasteiger charge is -2.12. The number of pyridine rings is 1. The molecule has 17 heavy (non-hydrogen) atoms. The summed E-state index contributed by atoms with van der Waals surface area (Å²) in [6, 6.07) is 3.34. The van der Waals surface area contributed by atoms with Gasteiger partial charge in [0.2, 0.25) is 0 Å². The lowest BCUT2D eigenvalue weighted by molar-refractivity contribution is 0.0948. The molecule has 4 N–H and O–H groups in total. The number of amides is 1. The Bertz CT molecular complexity index is 420. The van der Waals surface area contributed by atoms with Crippen molar-refractivity contribution in [2.75, 3.05) is 18.2 Å². The maximum Gasteiger partial charge on any atom is 0.270 e. The van der Waals surface area contributed by atoms with Gasteiger partial charge in [0.15, 0.2) is 0 Å². The minimum absolute atomic E-state index is 0.151. The topological polar surface area (TPSA) is 80.0 Å². The second kappa shape index (κ2) is 4.93. The van der Waals surface area contributed by atoms with Crippen LogP contribution in [-0.4, -0.2) is 28.4 Å². The third-order valence-corrected chi connectivity index (χ3v) is 4.39. The van der Waals surface area contributed by atoms with Gasteiger partial charge in [0, 0.05) is 17.5 Å². The number of nitrogens with one attached hydrogen (secondary N) is 2. The fraction of sp³-hybridized carbons (Fsp3) is 0.455. The summed E-state index contributed by atoms with van der Waals surface area (Å²) in [4.78, 5) is 15.9. The molecule has 5 nitrogen and oxygen atoms in total. The molecular formula is C11H16N4OS. The van der Waals surface area contributed by atoms with Crippen molar-refractivity contribution in [3.63, 3.8) is 0 Å². The molecule has 1 saturated carbocycles. The summed E-state index contributed by atoms with van der Waals surface area (Å²) in [5, 5.41) is 2.91. The summed E-state index contributed by atoms with van der Waals surface area (Å²) in [7, 11) is 0. The number of nitrogens with zero attached hydrogens (tertiary/aromatic N) is 1. The van der Waals surface area contributed by atoms with Gasteiger partial charge in [-0.25, -0.2) is 0 Å². The Kier molecular flexibility index (Phi) is 3.54. The Hall–Kier alpha value is -1.27. The van der Waals surface area contributed by atoms with Crippen molar-refractivity contribution in [1.82, 2.24) is 10.3 Å². The number of aromatic nitrogens is 1. The first-order valence-corrected chi connectivity index (χ1v) is 6.68. The Morgan fingerprint density at radius 1 is 1.65 bits per heavy atom. The van der Waals surface area contributed by atoms with Crippen LogP contribution in [0.3, 0.4) is 0 Å². The first kappa shape index (κ1) is 12.2. The third-order valence-electron chi connectivity index (χ3n) is 2.97. The summed E-state index contributed by atoms with van der Waals surface area (Å²) < 4.78 is 0.263. The summed E-state index contributed by atoms with van der Waals surface area (Å²) in [5.41, 5.74) is 3.56. The van der Waals surface area contributed by atoms with E-state index in [0.717, 1.165) is 0 Å². The first-order chi connectivity index (χ1) is 8.19. The summed E-state index contributed by atoms with van der Waals surface area (Å²) in [5.74, 6) is 5.13. The highest BCUT2D eigenvalue weighted by atomic mass is 32.2. The van der Waals surface area contributed by atoms with E-state index in [4.69, 9.17) is 5.84 Å². The zero-order valence-electron chi connectivity index (χ0n) is 9.69. The smallest absolute Gasteiger partial charge is 0.270 e. The molecule has 0 aliphatic heterocycles. The third kappa shape index (κ3) is 2.89. The maximum atomic E-state index is 11.9. The van der Waals surface area contributed by atoms with Crippen molar-refractivity contribution in [3.05, 3.63) is 24.0 Å². The van der Waals surface area contributed by atoms with Gasteiger partial charge in [0.05, 0.1) is 5.69 Å². The highest BCUT2D eigenvalue weighted by molar-refractivity contribution is 8.00. The van der Waals surface area contributed by atoms with E-state index >= 15 is 0 Å². The van der Waals surface area contributed by atoms with Crippen LogP contribution in [0.1, 0.15) is 23.3 Å². The normalized spacial score (nSPS) is 16.4. The zero-order valence-corrected chi connectivity index (χ0v) is 10.5. The predicted octanol–water partition coefficient (Wildman–Crippen LogP) is 0.993. The number of carbonyl (C=O) groups excluding carboxylic acids is 1. The van der Waals surface area contributed by atoms with E-state index in [0.29, 0.717) is 17.9 Å². The van der Waals surface area contributed by atoms with E-state index in [1.807, 2.05) is 11.8 Å². The number of hydrazine groups is 1. The molecule has 0 spiro atoms. The Morgan fingerprint density at radius 2 is 2.41 bits per heavy atom. The Balaban J connectivity index is 1.95. The van der Waals surface area contributed by atoms with Gasteiger partial charge in [-0.05, 0) is 31.2 Å². The van der Waals surface area contributed by atoms with E-state index in [9.17, 15) is 4.79 Å². The number of nitrogens with two attached hydrogens (primary N) is 1. The van der Waals surface area contributed by atoms with Crippen LogP contribution < -0.4 is 16.6 Å². The van der Waals surface area contributed by atoms with Gasteiger partial charge in [-0.1, -0.05) is 0 Å². The number of thioether (sulfide) groups is 1. The average molecular weight is 252 g/mol. The monoisotopic (exact) mass is 252 g/mol. The van der Waals surface area contributed by atoms with Gasteiger partial charge >= 0.3 is 0 Å². The van der Waals surface area contributed by atoms with Crippen molar-refractivity contribution < 1.29 is 4.79 Å². The van der Waals surface area contributed by atoms with Crippen LogP contribution in [0.2, 0.25) is 0 Å². The fourth-order valence-corrected chi connectivity index (χ4v) is 2.30. The van der Waals surface area contributed by atoms with Crippen LogP contribution in [0, 0.1) is 0 Å². The van der Waals surface area contributed by atoms with Crippen LogP contribution in [0.5, 0.6) is 0 Å². The van der Waals surface area contributed by atoms with Gasteiger partial charge in [0.1, 0.15) is 5.69 Å². The van der Waals surface area contributed by atoms with E-state index in [2.05, 4.69) is 22.0 Å². The second-order valence-electron chi connectivity index (χ2n) is 4.14. The quantitative estimate of drug-likeness (QED) is 0.538. The molecule has 2 rings (SSSR count). The minimum Gasteiger partial charge on any atom is -0.349 e. The lowest BCUT2D eigenvalue weighted by Crippen LogP contribution is -2.32. The molecule has 1 heterocycles. The molecule has 0 saturated heterocycles. The van der Waals surface area contributed by atoms with Crippen molar-refractivity contribution >= 4 is 23.4 Å². The van der Waals surface area contributed by atoms with Crippen molar-refractivity contribution in [1.29, 1.82) is 0 Å². The highest BCUT2D eigenvalue weighted by Gasteiger charge is 2.41. The number of anilines is 1. The van der Waals surface area contributed by atoms with Crippen LogP contribution >= 0.6 is 11.8 Å².